The van der Waals surface area contributed by atoms with Crippen LogP contribution in [0.25, 0.3) is 0 Å². The van der Waals surface area contributed by atoms with Crippen LogP contribution in [0, 0.1) is 9.49 Å². The molecular weight excluding hydrogens is 421 g/mol. The van der Waals surface area contributed by atoms with E-state index in [0.29, 0.717) is 5.92 Å². The third-order valence-corrected chi connectivity index (χ3v) is 7.20. The topological polar surface area (TPSA) is 46.2 Å². The summed E-state index contributed by atoms with van der Waals surface area (Å²) >= 11 is 8.45. The van der Waals surface area contributed by atoms with Gasteiger partial charge < -0.3 is 5.32 Å². The van der Waals surface area contributed by atoms with Crippen molar-refractivity contribution in [2.75, 3.05) is 13.3 Å². The lowest BCUT2D eigenvalue weighted by Gasteiger charge is -2.34. The number of nitrogens with one attached hydrogen (secondary N) is 1. The summed E-state index contributed by atoms with van der Waals surface area (Å²) in [5.74, 6) is 0.329. The van der Waals surface area contributed by atoms with Gasteiger partial charge in [0.2, 0.25) is 0 Å². The average molecular weight is 442 g/mol. The van der Waals surface area contributed by atoms with Crippen molar-refractivity contribution in [3.63, 3.8) is 0 Å². The van der Waals surface area contributed by atoms with E-state index >= 15 is 0 Å². The van der Waals surface area contributed by atoms with Crippen LogP contribution in [0.5, 0.6) is 0 Å². The van der Waals surface area contributed by atoms with Crippen LogP contribution < -0.4 is 5.32 Å². The monoisotopic (exact) mass is 441 g/mol. The van der Waals surface area contributed by atoms with E-state index < -0.39 is 9.84 Å². The van der Waals surface area contributed by atoms with Gasteiger partial charge in [0.15, 0.2) is 0 Å². The molecule has 1 aromatic rings. The van der Waals surface area contributed by atoms with Crippen molar-refractivity contribution in [3.05, 3.63) is 32.4 Å². The molecule has 6 heteroatoms. The highest BCUT2D eigenvalue weighted by atomic mass is 127. The predicted molar refractivity (Wildman–Crippen MR) is 96.6 cm³/mol. The van der Waals surface area contributed by atoms with Crippen LogP contribution in [-0.4, -0.2) is 27.0 Å². The first kappa shape index (κ1) is 17.5. The molecule has 3 unspecified atom stereocenters. The molecule has 1 aliphatic carbocycles. The minimum absolute atomic E-state index is 0.153. The minimum atomic E-state index is -2.96. The Morgan fingerprint density at radius 2 is 2.10 bits per heavy atom. The molecular formula is C15H21ClINO2S. The van der Waals surface area contributed by atoms with Crippen LogP contribution >= 0.6 is 34.2 Å². The lowest BCUT2D eigenvalue weighted by atomic mass is 9.81. The van der Waals surface area contributed by atoms with E-state index in [1.54, 1.807) is 0 Å². The maximum atomic E-state index is 11.9. The molecule has 0 spiro atoms. The number of sulfone groups is 1. The largest absolute Gasteiger partial charge is 0.313 e. The van der Waals surface area contributed by atoms with Gasteiger partial charge in [0.05, 0.1) is 5.25 Å². The van der Waals surface area contributed by atoms with E-state index in [9.17, 15) is 8.42 Å². The molecule has 0 bridgehead atoms. The smallest absolute Gasteiger partial charge is 0.150 e. The standard InChI is InChI=1S/C15H21ClINO2S/c1-18-15(13-9-11(16)6-7-14(13)17)10-4-3-5-12(8-10)21(2,19)20/h6-7,9-10,12,15,18H,3-5,8H2,1-2H3. The molecule has 1 N–H and O–H groups in total. The van der Waals surface area contributed by atoms with Crippen LogP contribution in [-0.2, 0) is 9.84 Å². The van der Waals surface area contributed by atoms with Crippen LogP contribution in [0.4, 0.5) is 0 Å². The van der Waals surface area contributed by atoms with Crippen molar-refractivity contribution in [2.45, 2.75) is 37.0 Å². The Morgan fingerprint density at radius 3 is 2.71 bits per heavy atom. The molecule has 1 fully saturated rings. The third kappa shape index (κ3) is 4.33. The summed E-state index contributed by atoms with van der Waals surface area (Å²) in [5.41, 5.74) is 1.17. The maximum Gasteiger partial charge on any atom is 0.150 e. The van der Waals surface area contributed by atoms with Crippen LogP contribution in [0.2, 0.25) is 5.02 Å². The zero-order valence-electron chi connectivity index (χ0n) is 12.3. The van der Waals surface area contributed by atoms with E-state index in [0.717, 1.165) is 34.3 Å². The highest BCUT2D eigenvalue weighted by molar-refractivity contribution is 14.1. The Morgan fingerprint density at radius 1 is 1.38 bits per heavy atom. The van der Waals surface area contributed by atoms with Gasteiger partial charge in [0.25, 0.3) is 0 Å². The second-order valence-electron chi connectivity index (χ2n) is 5.81. The lowest BCUT2D eigenvalue weighted by Crippen LogP contribution is -2.34. The second kappa shape index (κ2) is 7.15. The van der Waals surface area contributed by atoms with Crippen molar-refractivity contribution in [1.82, 2.24) is 5.32 Å². The highest BCUT2D eigenvalue weighted by Gasteiger charge is 2.33. The van der Waals surface area contributed by atoms with E-state index in [-0.39, 0.29) is 11.3 Å². The van der Waals surface area contributed by atoms with Crippen molar-refractivity contribution in [3.8, 4) is 0 Å². The van der Waals surface area contributed by atoms with Crippen molar-refractivity contribution in [1.29, 1.82) is 0 Å². The first-order chi connectivity index (χ1) is 9.82. The predicted octanol–water partition coefficient (Wildman–Crippen LogP) is 3.81. The summed E-state index contributed by atoms with van der Waals surface area (Å²) in [5, 5.41) is 3.89. The van der Waals surface area contributed by atoms with Gasteiger partial charge in [-0.3, -0.25) is 0 Å². The molecule has 2 rings (SSSR count). The first-order valence-corrected chi connectivity index (χ1v) is 10.5. The van der Waals surface area contributed by atoms with E-state index in [1.165, 1.54) is 11.8 Å². The number of hydrogen-bond donors (Lipinski definition) is 1. The zero-order valence-corrected chi connectivity index (χ0v) is 16.0. The fourth-order valence-corrected chi connectivity index (χ4v) is 5.31. The fraction of sp³-hybridized carbons (Fsp3) is 0.600. The van der Waals surface area contributed by atoms with Gasteiger partial charge in [0, 0.05) is 20.9 Å². The van der Waals surface area contributed by atoms with Crippen molar-refractivity contribution < 1.29 is 8.42 Å². The van der Waals surface area contributed by atoms with Crippen LogP contribution in [0.15, 0.2) is 18.2 Å². The zero-order chi connectivity index (χ0) is 15.6. The van der Waals surface area contributed by atoms with Gasteiger partial charge in [-0.1, -0.05) is 18.0 Å². The molecule has 1 aliphatic rings. The Bertz CT molecular complexity index is 606. The molecule has 0 aromatic heterocycles. The van der Waals surface area contributed by atoms with Crippen molar-refractivity contribution in [2.24, 2.45) is 5.92 Å². The van der Waals surface area contributed by atoms with E-state index in [4.69, 9.17) is 11.6 Å². The molecule has 0 heterocycles. The molecule has 3 atom stereocenters. The van der Waals surface area contributed by atoms with Crippen LogP contribution in [0.1, 0.15) is 37.3 Å². The summed E-state index contributed by atoms with van der Waals surface area (Å²) in [6, 6.07) is 6.05. The molecule has 0 aliphatic heterocycles. The molecule has 1 saturated carbocycles. The molecule has 0 saturated heterocycles. The normalized spacial score (nSPS) is 24.8. The Hall–Kier alpha value is 0.150. The van der Waals surface area contributed by atoms with E-state index in [2.05, 4.69) is 27.9 Å². The summed E-state index contributed by atoms with van der Waals surface area (Å²) in [6.07, 6.45) is 4.90. The molecule has 118 valence electrons. The molecule has 0 amide bonds. The van der Waals surface area contributed by atoms with Gasteiger partial charge in [-0.15, -0.1) is 0 Å². The quantitative estimate of drug-likeness (QED) is 0.723. The highest BCUT2D eigenvalue weighted by Crippen LogP contribution is 2.38. The third-order valence-electron chi connectivity index (χ3n) is 4.35. The number of halogens is 2. The average Bonchev–Trinajstić information content (AvgIpc) is 2.43. The van der Waals surface area contributed by atoms with Gasteiger partial charge in [-0.25, -0.2) is 8.42 Å². The van der Waals surface area contributed by atoms with Gasteiger partial charge in [0.1, 0.15) is 9.84 Å². The Kier molecular flexibility index (Phi) is 5.96. The van der Waals surface area contributed by atoms with E-state index in [1.807, 2.05) is 25.2 Å². The molecule has 0 radical (unpaired) electrons. The Labute approximate surface area is 145 Å². The fourth-order valence-electron chi connectivity index (χ4n) is 3.27. The Balaban J connectivity index is 2.27. The number of rotatable bonds is 4. The minimum Gasteiger partial charge on any atom is -0.313 e. The van der Waals surface area contributed by atoms with Crippen molar-refractivity contribution >= 4 is 44.0 Å². The summed E-state index contributed by atoms with van der Waals surface area (Å²) in [7, 11) is -1.02. The summed E-state index contributed by atoms with van der Waals surface area (Å²) in [4.78, 5) is 0. The first-order valence-electron chi connectivity index (χ1n) is 7.14. The lowest BCUT2D eigenvalue weighted by molar-refractivity contribution is 0.282. The van der Waals surface area contributed by atoms with Gasteiger partial charge in [-0.2, -0.15) is 0 Å². The van der Waals surface area contributed by atoms with Crippen LogP contribution in [0.3, 0.4) is 0 Å². The summed E-state index contributed by atoms with van der Waals surface area (Å²) in [6.45, 7) is 0. The van der Waals surface area contributed by atoms with Gasteiger partial charge >= 0.3 is 0 Å². The maximum absolute atomic E-state index is 11.9. The number of benzene rings is 1. The second-order valence-corrected chi connectivity index (χ2v) is 9.73. The van der Waals surface area contributed by atoms with Gasteiger partial charge in [-0.05, 0) is 78.6 Å². The molecule has 3 nitrogen and oxygen atoms in total. The SMILES string of the molecule is CNC(c1cc(Cl)ccc1I)C1CCCC(S(C)(=O)=O)C1. The molecule has 21 heavy (non-hydrogen) atoms. The number of hydrogen-bond acceptors (Lipinski definition) is 3. The molecule has 1 aromatic carbocycles. The summed E-state index contributed by atoms with van der Waals surface area (Å²) < 4.78 is 24.9.